The minimum absolute atomic E-state index is 0.00872. The lowest BCUT2D eigenvalue weighted by Crippen LogP contribution is -2.38. The zero-order valence-electron chi connectivity index (χ0n) is 11.4. The van der Waals surface area contributed by atoms with E-state index >= 15 is 0 Å². The van der Waals surface area contributed by atoms with Gasteiger partial charge in [-0.3, -0.25) is 0 Å². The zero-order chi connectivity index (χ0) is 13.9. The first kappa shape index (κ1) is 12.7. The molecule has 1 aliphatic rings. The highest BCUT2D eigenvalue weighted by molar-refractivity contribution is 5.75. The quantitative estimate of drug-likeness (QED) is 0.896. The summed E-state index contributed by atoms with van der Waals surface area (Å²) in [6.45, 7) is 1.98. The van der Waals surface area contributed by atoms with Crippen molar-refractivity contribution in [2.45, 2.75) is 31.8 Å². The van der Waals surface area contributed by atoms with Crippen LogP contribution in [0.1, 0.15) is 31.4 Å². The van der Waals surface area contributed by atoms with Gasteiger partial charge < -0.3 is 15.2 Å². The van der Waals surface area contributed by atoms with E-state index in [9.17, 15) is 4.79 Å². The van der Waals surface area contributed by atoms with Gasteiger partial charge in [0.05, 0.1) is 12.4 Å². The fourth-order valence-corrected chi connectivity index (χ4v) is 2.08. The number of aromatic nitrogens is 2. The summed E-state index contributed by atoms with van der Waals surface area (Å²) < 4.78 is 1.95. The fraction of sp³-hybridized carbons (Fsp3) is 0.333. The number of nitrogens with zero attached hydrogens (tertiary/aromatic N) is 2. The molecule has 1 aliphatic carbocycles. The highest BCUT2D eigenvalue weighted by Gasteiger charge is 2.23. The van der Waals surface area contributed by atoms with Crippen LogP contribution >= 0.6 is 0 Å². The number of carbonyl (C=O) groups is 1. The summed E-state index contributed by atoms with van der Waals surface area (Å²) in [5.41, 5.74) is 2.14. The topological polar surface area (TPSA) is 59.0 Å². The molecule has 5 nitrogen and oxygen atoms in total. The van der Waals surface area contributed by atoms with E-state index in [4.69, 9.17) is 0 Å². The van der Waals surface area contributed by atoms with Gasteiger partial charge in [0.1, 0.15) is 0 Å². The molecule has 3 rings (SSSR count). The molecule has 1 aromatic carbocycles. The molecule has 0 saturated heterocycles. The third-order valence-electron chi connectivity index (χ3n) is 3.46. The number of nitrogens with one attached hydrogen (secondary N) is 2. The summed E-state index contributed by atoms with van der Waals surface area (Å²) in [7, 11) is 0. The van der Waals surface area contributed by atoms with Gasteiger partial charge in [-0.1, -0.05) is 12.1 Å². The summed E-state index contributed by atoms with van der Waals surface area (Å²) in [5.74, 6) is 0. The first-order valence-corrected chi connectivity index (χ1v) is 6.88. The number of rotatable bonds is 4. The van der Waals surface area contributed by atoms with Crippen LogP contribution < -0.4 is 10.6 Å². The molecule has 1 unspecified atom stereocenters. The normalized spacial score (nSPS) is 15.7. The summed E-state index contributed by atoms with van der Waals surface area (Å²) >= 11 is 0. The van der Waals surface area contributed by atoms with E-state index in [0.29, 0.717) is 6.04 Å². The van der Waals surface area contributed by atoms with Crippen LogP contribution in [0.5, 0.6) is 0 Å². The van der Waals surface area contributed by atoms with Crippen molar-refractivity contribution in [2.24, 2.45) is 0 Å². The van der Waals surface area contributed by atoms with Gasteiger partial charge in [-0.25, -0.2) is 9.78 Å². The number of amides is 2. The molecule has 0 radical (unpaired) electrons. The van der Waals surface area contributed by atoms with E-state index in [1.807, 2.05) is 42.0 Å². The molecular formula is C15H18N4O. The molecule has 0 bridgehead atoms. The van der Waals surface area contributed by atoms with Crippen LogP contribution in [0.4, 0.5) is 4.79 Å². The van der Waals surface area contributed by atoms with Crippen molar-refractivity contribution in [3.05, 3.63) is 48.5 Å². The van der Waals surface area contributed by atoms with Crippen molar-refractivity contribution >= 4 is 6.03 Å². The van der Waals surface area contributed by atoms with Crippen molar-refractivity contribution in [2.75, 3.05) is 0 Å². The fourth-order valence-electron chi connectivity index (χ4n) is 2.08. The van der Waals surface area contributed by atoms with Crippen LogP contribution in [0.25, 0.3) is 5.69 Å². The number of carbonyl (C=O) groups excluding carboxylic acids is 1. The van der Waals surface area contributed by atoms with Gasteiger partial charge >= 0.3 is 6.03 Å². The van der Waals surface area contributed by atoms with Gasteiger partial charge in [0.25, 0.3) is 0 Å². The molecule has 0 aliphatic heterocycles. The molecule has 1 aromatic heterocycles. The second-order valence-electron chi connectivity index (χ2n) is 5.18. The van der Waals surface area contributed by atoms with E-state index in [-0.39, 0.29) is 12.1 Å². The second kappa shape index (κ2) is 5.36. The maximum absolute atomic E-state index is 11.7. The number of urea groups is 1. The Balaban J connectivity index is 1.62. The van der Waals surface area contributed by atoms with Gasteiger partial charge in [0.2, 0.25) is 0 Å². The lowest BCUT2D eigenvalue weighted by Gasteiger charge is -2.15. The van der Waals surface area contributed by atoms with Gasteiger partial charge in [-0.2, -0.15) is 0 Å². The Kier molecular flexibility index (Phi) is 3.41. The van der Waals surface area contributed by atoms with Crippen LogP contribution in [0.2, 0.25) is 0 Å². The van der Waals surface area contributed by atoms with Crippen molar-refractivity contribution in [3.63, 3.8) is 0 Å². The van der Waals surface area contributed by atoms with Gasteiger partial charge in [-0.15, -0.1) is 0 Å². The lowest BCUT2D eigenvalue weighted by atomic mass is 10.1. The van der Waals surface area contributed by atoms with Crippen LogP contribution in [-0.2, 0) is 0 Å². The summed E-state index contributed by atoms with van der Waals surface area (Å²) in [6, 6.07) is 8.38. The molecule has 104 valence electrons. The standard InChI is InChI=1S/C15H18N4O/c1-11(17-15(20)18-13-4-5-13)12-2-6-14(7-3-12)19-9-8-16-10-19/h2-3,6-11,13H,4-5H2,1H3,(H2,17,18,20). The van der Waals surface area contributed by atoms with Crippen LogP contribution in [0, 0.1) is 0 Å². The largest absolute Gasteiger partial charge is 0.335 e. The van der Waals surface area contributed by atoms with Gasteiger partial charge in [-0.05, 0) is 37.5 Å². The molecule has 1 heterocycles. The Bertz CT molecular complexity index is 572. The van der Waals surface area contributed by atoms with Crippen LogP contribution in [0.15, 0.2) is 43.0 Å². The average Bonchev–Trinajstić information content (AvgIpc) is 3.08. The molecule has 2 aromatic rings. The third-order valence-corrected chi connectivity index (χ3v) is 3.46. The molecule has 2 amide bonds. The Morgan fingerprint density at radius 2 is 2.10 bits per heavy atom. The number of hydrogen-bond donors (Lipinski definition) is 2. The minimum Gasteiger partial charge on any atom is -0.335 e. The zero-order valence-corrected chi connectivity index (χ0v) is 11.4. The highest BCUT2D eigenvalue weighted by atomic mass is 16.2. The van der Waals surface area contributed by atoms with Crippen molar-refractivity contribution < 1.29 is 4.79 Å². The first-order chi connectivity index (χ1) is 9.72. The van der Waals surface area contributed by atoms with Gasteiger partial charge in [0, 0.05) is 24.1 Å². The maximum atomic E-state index is 11.7. The van der Waals surface area contributed by atoms with E-state index < -0.39 is 0 Å². The number of benzene rings is 1. The Morgan fingerprint density at radius 1 is 1.35 bits per heavy atom. The molecule has 0 spiro atoms. The summed E-state index contributed by atoms with van der Waals surface area (Å²) in [6.07, 6.45) is 7.61. The SMILES string of the molecule is CC(NC(=O)NC1CC1)c1ccc(-n2ccnc2)cc1. The van der Waals surface area contributed by atoms with E-state index in [0.717, 1.165) is 24.1 Å². The van der Waals surface area contributed by atoms with E-state index in [1.165, 1.54) is 0 Å². The first-order valence-electron chi connectivity index (χ1n) is 6.88. The van der Waals surface area contributed by atoms with Crippen LogP contribution in [0.3, 0.4) is 0 Å². The smallest absolute Gasteiger partial charge is 0.315 e. The molecule has 5 heteroatoms. The molecule has 1 fully saturated rings. The Hall–Kier alpha value is -2.30. The van der Waals surface area contributed by atoms with Crippen molar-refractivity contribution in [3.8, 4) is 5.69 Å². The van der Waals surface area contributed by atoms with Crippen LogP contribution in [-0.4, -0.2) is 21.6 Å². The number of imidazole rings is 1. The highest BCUT2D eigenvalue weighted by Crippen LogP contribution is 2.19. The molecule has 1 saturated carbocycles. The molecule has 1 atom stereocenters. The Morgan fingerprint density at radius 3 is 2.70 bits per heavy atom. The van der Waals surface area contributed by atoms with E-state index in [1.54, 1.807) is 12.5 Å². The number of hydrogen-bond acceptors (Lipinski definition) is 2. The predicted molar refractivity (Wildman–Crippen MR) is 76.7 cm³/mol. The lowest BCUT2D eigenvalue weighted by molar-refractivity contribution is 0.237. The molecule has 2 N–H and O–H groups in total. The Labute approximate surface area is 118 Å². The average molecular weight is 270 g/mol. The minimum atomic E-state index is -0.0845. The van der Waals surface area contributed by atoms with Crippen molar-refractivity contribution in [1.29, 1.82) is 0 Å². The summed E-state index contributed by atoms with van der Waals surface area (Å²) in [5, 5.41) is 5.88. The molecule has 20 heavy (non-hydrogen) atoms. The maximum Gasteiger partial charge on any atom is 0.315 e. The van der Waals surface area contributed by atoms with Crippen molar-refractivity contribution in [1.82, 2.24) is 20.2 Å². The van der Waals surface area contributed by atoms with Gasteiger partial charge in [0.15, 0.2) is 0 Å². The summed E-state index contributed by atoms with van der Waals surface area (Å²) in [4.78, 5) is 15.7. The molecular weight excluding hydrogens is 252 g/mol. The predicted octanol–water partition coefficient (Wildman–Crippen LogP) is 2.39. The van der Waals surface area contributed by atoms with E-state index in [2.05, 4.69) is 15.6 Å². The third kappa shape index (κ3) is 2.99. The monoisotopic (exact) mass is 270 g/mol. The second-order valence-corrected chi connectivity index (χ2v) is 5.18.